The third kappa shape index (κ3) is 1.74. The fraction of sp³-hybridized carbons (Fsp3) is 0.500. The summed E-state index contributed by atoms with van der Waals surface area (Å²) >= 11 is 0. The Hall–Kier alpha value is -1.25. The van der Waals surface area contributed by atoms with Crippen LogP contribution >= 0.6 is 0 Å². The summed E-state index contributed by atoms with van der Waals surface area (Å²) in [5.41, 5.74) is 2.18. The first-order valence-electron chi connectivity index (χ1n) is 4.60. The van der Waals surface area contributed by atoms with E-state index in [1.807, 2.05) is 20.2 Å². The first-order chi connectivity index (χ1) is 6.31. The number of nitrogens with one attached hydrogen (secondary N) is 1. The van der Waals surface area contributed by atoms with Crippen molar-refractivity contribution in [3.8, 4) is 5.75 Å². The molecule has 0 aliphatic heterocycles. The molecule has 1 fully saturated rings. The Balaban J connectivity index is 2.22. The number of nitrogens with zero attached hydrogens (tertiary/aromatic N) is 1. The molecular weight excluding hydrogens is 164 g/mol. The van der Waals surface area contributed by atoms with Gasteiger partial charge in [-0.1, -0.05) is 0 Å². The van der Waals surface area contributed by atoms with E-state index in [0.717, 1.165) is 17.0 Å². The summed E-state index contributed by atoms with van der Waals surface area (Å²) < 4.78 is 5.70. The van der Waals surface area contributed by atoms with Gasteiger partial charge in [0.25, 0.3) is 0 Å². The lowest BCUT2D eigenvalue weighted by Crippen LogP contribution is -2.01. The molecule has 1 aliphatic rings. The van der Waals surface area contributed by atoms with Gasteiger partial charge in [0, 0.05) is 12.6 Å². The highest BCUT2D eigenvalue weighted by Gasteiger charge is 2.24. The van der Waals surface area contributed by atoms with Crippen LogP contribution in [0.1, 0.15) is 18.4 Å². The predicted molar refractivity (Wildman–Crippen MR) is 52.2 cm³/mol. The summed E-state index contributed by atoms with van der Waals surface area (Å²) in [4.78, 5) is 4.11. The highest BCUT2D eigenvalue weighted by Crippen LogP contribution is 2.30. The van der Waals surface area contributed by atoms with Crippen molar-refractivity contribution in [1.82, 2.24) is 4.98 Å². The minimum Gasteiger partial charge on any atom is -0.488 e. The Morgan fingerprint density at radius 2 is 2.23 bits per heavy atom. The van der Waals surface area contributed by atoms with Gasteiger partial charge in [-0.15, -0.1) is 0 Å². The van der Waals surface area contributed by atoms with Gasteiger partial charge in [0.15, 0.2) is 0 Å². The normalized spacial score (nSPS) is 15.5. The molecule has 13 heavy (non-hydrogen) atoms. The van der Waals surface area contributed by atoms with Crippen LogP contribution in [0.3, 0.4) is 0 Å². The Kier molecular flexibility index (Phi) is 2.08. The monoisotopic (exact) mass is 178 g/mol. The van der Waals surface area contributed by atoms with Crippen LogP contribution in [0.2, 0.25) is 0 Å². The molecule has 0 amide bonds. The van der Waals surface area contributed by atoms with Gasteiger partial charge in [0.1, 0.15) is 5.75 Å². The average molecular weight is 178 g/mol. The molecule has 3 nitrogen and oxygen atoms in total. The molecule has 1 N–H and O–H groups in total. The molecular formula is C10H14N2O. The zero-order chi connectivity index (χ0) is 9.26. The fourth-order valence-corrected chi connectivity index (χ4v) is 1.24. The van der Waals surface area contributed by atoms with Crippen molar-refractivity contribution in [2.45, 2.75) is 25.9 Å². The minimum absolute atomic E-state index is 0.438. The molecule has 1 aromatic rings. The number of hydrogen-bond acceptors (Lipinski definition) is 3. The lowest BCUT2D eigenvalue weighted by molar-refractivity contribution is 0.300. The zero-order valence-corrected chi connectivity index (χ0v) is 8.00. The van der Waals surface area contributed by atoms with E-state index in [4.69, 9.17) is 4.74 Å². The maximum atomic E-state index is 5.70. The maximum absolute atomic E-state index is 5.70. The van der Waals surface area contributed by atoms with Crippen molar-refractivity contribution in [3.63, 3.8) is 0 Å². The maximum Gasteiger partial charge on any atom is 0.142 e. The minimum atomic E-state index is 0.438. The summed E-state index contributed by atoms with van der Waals surface area (Å²) in [5.74, 6) is 0.911. The fourth-order valence-electron chi connectivity index (χ4n) is 1.24. The summed E-state index contributed by atoms with van der Waals surface area (Å²) in [7, 11) is 1.89. The second kappa shape index (κ2) is 3.24. The molecule has 0 radical (unpaired) electrons. The van der Waals surface area contributed by atoms with Crippen molar-refractivity contribution in [1.29, 1.82) is 0 Å². The number of ether oxygens (including phenoxy) is 1. The Bertz CT molecular complexity index is 308. The second-order valence-corrected chi connectivity index (χ2v) is 3.38. The molecule has 0 spiro atoms. The van der Waals surface area contributed by atoms with Crippen molar-refractivity contribution >= 4 is 5.69 Å². The van der Waals surface area contributed by atoms with E-state index in [-0.39, 0.29) is 0 Å². The molecule has 1 aliphatic carbocycles. The van der Waals surface area contributed by atoms with Crippen LogP contribution < -0.4 is 10.1 Å². The molecule has 70 valence electrons. The van der Waals surface area contributed by atoms with Gasteiger partial charge in [-0.2, -0.15) is 0 Å². The quantitative estimate of drug-likeness (QED) is 0.768. The van der Waals surface area contributed by atoms with E-state index >= 15 is 0 Å². The van der Waals surface area contributed by atoms with E-state index in [2.05, 4.69) is 10.3 Å². The summed E-state index contributed by atoms with van der Waals surface area (Å²) in [6.45, 7) is 2.05. The van der Waals surface area contributed by atoms with Crippen molar-refractivity contribution in [3.05, 3.63) is 18.0 Å². The number of aromatic nitrogens is 1. The summed E-state index contributed by atoms with van der Waals surface area (Å²) in [6.07, 6.45) is 6.41. The van der Waals surface area contributed by atoms with Crippen LogP contribution in [0.4, 0.5) is 5.69 Å². The van der Waals surface area contributed by atoms with Gasteiger partial charge in [0.05, 0.1) is 24.2 Å². The van der Waals surface area contributed by atoms with Crippen LogP contribution in [0.25, 0.3) is 0 Å². The van der Waals surface area contributed by atoms with Crippen LogP contribution in [-0.2, 0) is 0 Å². The number of anilines is 1. The van der Waals surface area contributed by atoms with E-state index in [0.29, 0.717) is 6.10 Å². The van der Waals surface area contributed by atoms with Gasteiger partial charge in [-0.05, 0) is 19.8 Å². The lowest BCUT2D eigenvalue weighted by atomic mass is 10.2. The lowest BCUT2D eigenvalue weighted by Gasteiger charge is -2.10. The molecule has 0 bridgehead atoms. The first kappa shape index (κ1) is 8.35. The SMILES string of the molecule is CNc1cncc(OC2CC2)c1C. The van der Waals surface area contributed by atoms with Crippen LogP contribution in [0.15, 0.2) is 12.4 Å². The second-order valence-electron chi connectivity index (χ2n) is 3.38. The molecule has 1 saturated carbocycles. The van der Waals surface area contributed by atoms with Crippen molar-refractivity contribution in [2.24, 2.45) is 0 Å². The third-order valence-corrected chi connectivity index (χ3v) is 2.26. The Labute approximate surface area is 78.1 Å². The topological polar surface area (TPSA) is 34.2 Å². The van der Waals surface area contributed by atoms with E-state index in [1.54, 1.807) is 6.20 Å². The van der Waals surface area contributed by atoms with E-state index in [9.17, 15) is 0 Å². The molecule has 1 heterocycles. The van der Waals surface area contributed by atoms with Gasteiger partial charge in [0.2, 0.25) is 0 Å². The van der Waals surface area contributed by atoms with Crippen molar-refractivity contribution in [2.75, 3.05) is 12.4 Å². The average Bonchev–Trinajstić information content (AvgIpc) is 2.92. The van der Waals surface area contributed by atoms with E-state index < -0.39 is 0 Å². The van der Waals surface area contributed by atoms with Crippen LogP contribution in [-0.4, -0.2) is 18.1 Å². The number of hydrogen-bond donors (Lipinski definition) is 1. The highest BCUT2D eigenvalue weighted by atomic mass is 16.5. The molecule has 0 atom stereocenters. The molecule has 0 unspecified atom stereocenters. The van der Waals surface area contributed by atoms with E-state index in [1.165, 1.54) is 12.8 Å². The molecule has 0 aromatic carbocycles. The van der Waals surface area contributed by atoms with Crippen LogP contribution in [0, 0.1) is 6.92 Å². The van der Waals surface area contributed by atoms with Gasteiger partial charge in [-0.25, -0.2) is 0 Å². The smallest absolute Gasteiger partial charge is 0.142 e. The zero-order valence-electron chi connectivity index (χ0n) is 8.00. The Morgan fingerprint density at radius 3 is 2.85 bits per heavy atom. The Morgan fingerprint density at radius 1 is 1.46 bits per heavy atom. The number of pyridine rings is 1. The first-order valence-corrected chi connectivity index (χ1v) is 4.60. The molecule has 3 heteroatoms. The van der Waals surface area contributed by atoms with Gasteiger partial charge < -0.3 is 10.1 Å². The standard InChI is InChI=1S/C10H14N2O/c1-7-9(11-2)5-12-6-10(7)13-8-3-4-8/h5-6,8,11H,3-4H2,1-2H3. The largest absolute Gasteiger partial charge is 0.488 e. The third-order valence-electron chi connectivity index (χ3n) is 2.26. The molecule has 2 rings (SSSR count). The highest BCUT2D eigenvalue weighted by molar-refractivity contribution is 5.53. The summed E-state index contributed by atoms with van der Waals surface area (Å²) in [5, 5.41) is 3.09. The van der Waals surface area contributed by atoms with Gasteiger partial charge >= 0.3 is 0 Å². The summed E-state index contributed by atoms with van der Waals surface area (Å²) in [6, 6.07) is 0. The molecule has 0 saturated heterocycles. The van der Waals surface area contributed by atoms with Gasteiger partial charge in [-0.3, -0.25) is 4.98 Å². The number of rotatable bonds is 3. The molecule has 1 aromatic heterocycles. The van der Waals surface area contributed by atoms with Crippen molar-refractivity contribution < 1.29 is 4.74 Å². The predicted octanol–water partition coefficient (Wildman–Crippen LogP) is 1.97. The van der Waals surface area contributed by atoms with Crippen LogP contribution in [0.5, 0.6) is 5.75 Å².